The van der Waals surface area contributed by atoms with Crippen LogP contribution in [0.2, 0.25) is 0 Å². The lowest BCUT2D eigenvalue weighted by Gasteiger charge is -2.13. The summed E-state index contributed by atoms with van der Waals surface area (Å²) in [4.78, 5) is 12.9. The zero-order valence-corrected chi connectivity index (χ0v) is 9.95. The molecule has 1 atom stereocenters. The van der Waals surface area contributed by atoms with E-state index in [1.165, 1.54) is 11.1 Å². The van der Waals surface area contributed by atoms with Crippen LogP contribution in [0.25, 0.3) is 0 Å². The van der Waals surface area contributed by atoms with Gasteiger partial charge in [-0.3, -0.25) is 14.8 Å². The Morgan fingerprint density at radius 2 is 2.39 bits per heavy atom. The number of rotatable bonds is 3. The molecule has 1 aromatic rings. The van der Waals surface area contributed by atoms with E-state index in [2.05, 4.69) is 10.2 Å². The second-order valence-electron chi connectivity index (χ2n) is 4.02. The van der Waals surface area contributed by atoms with Crippen LogP contribution in [0.15, 0.2) is 6.20 Å². The Kier molecular flexibility index (Phi) is 3.04. The van der Waals surface area contributed by atoms with Crippen LogP contribution < -0.4 is 4.90 Å². The molecule has 1 amide bonds. The molecule has 96 valence electrons. The van der Waals surface area contributed by atoms with Gasteiger partial charge in [0.15, 0.2) is 0 Å². The summed E-state index contributed by atoms with van der Waals surface area (Å²) in [5.74, 6) is -1.43. The highest BCUT2D eigenvalue weighted by Gasteiger charge is 2.35. The predicted octanol–water partition coefficient (Wildman–Crippen LogP) is -0.0664. The van der Waals surface area contributed by atoms with Crippen LogP contribution in [-0.2, 0) is 15.0 Å². The maximum Gasteiger partial charge on any atom is 0.302 e. The van der Waals surface area contributed by atoms with Crippen molar-refractivity contribution < 1.29 is 17.1 Å². The van der Waals surface area contributed by atoms with Gasteiger partial charge in [0.1, 0.15) is 17.5 Å². The number of H-pyrrole nitrogens is 1. The lowest BCUT2D eigenvalue weighted by Crippen LogP contribution is -2.26. The molecule has 0 aliphatic carbocycles. The number of hydrogen-bond acceptors (Lipinski definition) is 5. The van der Waals surface area contributed by atoms with Crippen LogP contribution in [0.3, 0.4) is 0 Å². The van der Waals surface area contributed by atoms with Crippen LogP contribution in [0, 0.1) is 17.2 Å². The number of halogens is 1. The molecule has 1 N–H and O–H groups in total. The highest BCUT2D eigenvalue weighted by Crippen LogP contribution is 2.26. The minimum atomic E-state index is -4.61. The van der Waals surface area contributed by atoms with Crippen molar-refractivity contribution in [1.82, 2.24) is 10.2 Å². The molecule has 9 heteroatoms. The number of nitrogens with zero attached hydrogens (tertiary/aromatic N) is 3. The van der Waals surface area contributed by atoms with E-state index in [1.54, 1.807) is 0 Å². The molecule has 0 saturated carbocycles. The Bertz CT molecular complexity index is 618. The average Bonchev–Trinajstić information content (AvgIpc) is 2.81. The van der Waals surface area contributed by atoms with Crippen molar-refractivity contribution >= 4 is 21.9 Å². The van der Waals surface area contributed by atoms with Crippen molar-refractivity contribution in [1.29, 1.82) is 5.26 Å². The third kappa shape index (κ3) is 2.48. The molecule has 0 aromatic carbocycles. The average molecular weight is 272 g/mol. The number of nitriles is 1. The van der Waals surface area contributed by atoms with E-state index in [-0.39, 0.29) is 30.3 Å². The summed E-state index contributed by atoms with van der Waals surface area (Å²) in [6.45, 7) is 0.0544. The first-order valence-electron chi connectivity index (χ1n) is 5.07. The van der Waals surface area contributed by atoms with Crippen LogP contribution in [0.5, 0.6) is 0 Å². The van der Waals surface area contributed by atoms with Gasteiger partial charge >= 0.3 is 10.2 Å². The van der Waals surface area contributed by atoms with E-state index >= 15 is 0 Å². The van der Waals surface area contributed by atoms with Gasteiger partial charge in [-0.15, -0.1) is 3.89 Å². The fourth-order valence-corrected chi connectivity index (χ4v) is 2.74. The number of hydrogen-bond donors (Lipinski definition) is 1. The van der Waals surface area contributed by atoms with Crippen molar-refractivity contribution in [3.8, 4) is 6.07 Å². The van der Waals surface area contributed by atoms with E-state index in [0.29, 0.717) is 0 Å². The molecule has 1 unspecified atom stereocenters. The van der Waals surface area contributed by atoms with Crippen molar-refractivity contribution in [2.75, 3.05) is 17.2 Å². The number of nitrogens with one attached hydrogen (secondary N) is 1. The molecule has 2 heterocycles. The highest BCUT2D eigenvalue weighted by atomic mass is 32.3. The Hall–Kier alpha value is -1.95. The van der Waals surface area contributed by atoms with E-state index in [1.807, 2.05) is 6.07 Å². The molecular weight excluding hydrogens is 263 g/mol. The second-order valence-corrected chi connectivity index (χ2v) is 5.44. The van der Waals surface area contributed by atoms with Crippen LogP contribution in [0.4, 0.5) is 9.70 Å². The van der Waals surface area contributed by atoms with Crippen LogP contribution >= 0.6 is 0 Å². The van der Waals surface area contributed by atoms with Crippen LogP contribution in [0.1, 0.15) is 12.0 Å². The Balaban J connectivity index is 2.18. The Labute approximate surface area is 102 Å². The van der Waals surface area contributed by atoms with Gasteiger partial charge in [-0.1, -0.05) is 0 Å². The Morgan fingerprint density at radius 3 is 3.00 bits per heavy atom. The molecule has 2 rings (SSSR count). The second kappa shape index (κ2) is 4.38. The molecule has 1 aliphatic heterocycles. The smallest absolute Gasteiger partial charge is 0.296 e. The van der Waals surface area contributed by atoms with Gasteiger partial charge in [0.05, 0.1) is 11.9 Å². The normalized spacial score (nSPS) is 20.1. The number of amides is 1. The van der Waals surface area contributed by atoms with Gasteiger partial charge in [0, 0.05) is 18.9 Å². The fourth-order valence-electron chi connectivity index (χ4n) is 1.96. The first-order valence-corrected chi connectivity index (χ1v) is 6.62. The molecule has 18 heavy (non-hydrogen) atoms. The summed E-state index contributed by atoms with van der Waals surface area (Å²) in [7, 11) is -4.61. The number of carbonyl (C=O) groups is 1. The summed E-state index contributed by atoms with van der Waals surface area (Å²) in [6.07, 6.45) is 1.20. The SMILES string of the molecule is N#Cc1cn[nH]c1N1CC(CS(=O)(=O)F)CC1=O. The maximum atomic E-state index is 12.6. The van der Waals surface area contributed by atoms with Crippen LogP contribution in [-0.4, -0.2) is 36.8 Å². The summed E-state index contributed by atoms with van der Waals surface area (Å²) >= 11 is 0. The molecule has 1 aromatic heterocycles. The topological polar surface area (TPSA) is 107 Å². The van der Waals surface area contributed by atoms with Crippen molar-refractivity contribution in [3.63, 3.8) is 0 Å². The highest BCUT2D eigenvalue weighted by molar-refractivity contribution is 7.86. The molecule has 7 nitrogen and oxygen atoms in total. The van der Waals surface area contributed by atoms with Gasteiger partial charge in [-0.05, 0) is 0 Å². The summed E-state index contributed by atoms with van der Waals surface area (Å²) in [5, 5.41) is 14.9. The maximum absolute atomic E-state index is 12.6. The van der Waals surface area contributed by atoms with E-state index in [9.17, 15) is 17.1 Å². The fraction of sp³-hybridized carbons (Fsp3) is 0.444. The molecule has 0 bridgehead atoms. The van der Waals surface area contributed by atoms with Gasteiger partial charge < -0.3 is 0 Å². The van der Waals surface area contributed by atoms with E-state index in [4.69, 9.17) is 5.26 Å². The zero-order chi connectivity index (χ0) is 13.3. The minimum absolute atomic E-state index is 0.0544. The van der Waals surface area contributed by atoms with Gasteiger partial charge in [0.2, 0.25) is 5.91 Å². The minimum Gasteiger partial charge on any atom is -0.296 e. The van der Waals surface area contributed by atoms with E-state index < -0.39 is 21.9 Å². The van der Waals surface area contributed by atoms with Crippen molar-refractivity contribution in [2.24, 2.45) is 5.92 Å². The standard InChI is InChI=1S/C9H9FN4O3S/c10-18(16,17)5-6-1-8(15)14(4-6)9-7(2-11)3-12-13-9/h3,6H,1,4-5H2,(H,12,13). The van der Waals surface area contributed by atoms with Crippen molar-refractivity contribution in [2.45, 2.75) is 6.42 Å². The van der Waals surface area contributed by atoms with Gasteiger partial charge in [0.25, 0.3) is 0 Å². The summed E-state index contributed by atoms with van der Waals surface area (Å²) in [5.41, 5.74) is 0.187. The predicted molar refractivity (Wildman–Crippen MR) is 58.7 cm³/mol. The number of anilines is 1. The number of aromatic amines is 1. The van der Waals surface area contributed by atoms with Gasteiger partial charge in [-0.25, -0.2) is 0 Å². The first-order chi connectivity index (χ1) is 8.40. The molecule has 1 aliphatic rings. The summed E-state index contributed by atoms with van der Waals surface area (Å²) in [6, 6.07) is 1.86. The van der Waals surface area contributed by atoms with E-state index in [0.717, 1.165) is 0 Å². The molecule has 0 spiro atoms. The third-order valence-corrected chi connectivity index (χ3v) is 3.52. The van der Waals surface area contributed by atoms with Crippen molar-refractivity contribution in [3.05, 3.63) is 11.8 Å². The molecule has 1 fully saturated rings. The quantitative estimate of drug-likeness (QED) is 0.775. The third-order valence-electron chi connectivity index (χ3n) is 2.65. The summed E-state index contributed by atoms with van der Waals surface area (Å²) < 4.78 is 33.6. The monoisotopic (exact) mass is 272 g/mol. The largest absolute Gasteiger partial charge is 0.302 e. The molecular formula is C9H9FN4O3S. The lowest BCUT2D eigenvalue weighted by atomic mass is 10.1. The first kappa shape index (κ1) is 12.5. The lowest BCUT2D eigenvalue weighted by molar-refractivity contribution is -0.117. The number of aromatic nitrogens is 2. The molecule has 0 radical (unpaired) electrons. The van der Waals surface area contributed by atoms with Gasteiger partial charge in [-0.2, -0.15) is 18.8 Å². The zero-order valence-electron chi connectivity index (χ0n) is 9.13. The molecule has 1 saturated heterocycles. The number of carbonyl (C=O) groups excluding carboxylic acids is 1. The Morgan fingerprint density at radius 1 is 1.67 bits per heavy atom.